The van der Waals surface area contributed by atoms with Gasteiger partial charge in [-0.05, 0) is 23.3 Å². The molecule has 1 aliphatic heterocycles. The van der Waals surface area contributed by atoms with E-state index in [1.54, 1.807) is 18.2 Å². The summed E-state index contributed by atoms with van der Waals surface area (Å²) >= 11 is 0. The van der Waals surface area contributed by atoms with Gasteiger partial charge in [0.1, 0.15) is 6.61 Å². The highest BCUT2D eigenvalue weighted by atomic mass is 35.5. The summed E-state index contributed by atoms with van der Waals surface area (Å²) in [5.74, 6) is 0.955. The van der Waals surface area contributed by atoms with Crippen LogP contribution in [0.3, 0.4) is 0 Å². The van der Waals surface area contributed by atoms with Crippen LogP contribution < -0.4 is 14.8 Å². The van der Waals surface area contributed by atoms with E-state index in [1.165, 1.54) is 7.11 Å². The van der Waals surface area contributed by atoms with E-state index in [4.69, 9.17) is 9.47 Å². The lowest BCUT2D eigenvalue weighted by Gasteiger charge is -2.35. The minimum Gasteiger partial charge on any atom is -0.493 e. The topological polar surface area (TPSA) is 33.7 Å². The Bertz CT molecular complexity index is 753. The van der Waals surface area contributed by atoms with Gasteiger partial charge in [-0.1, -0.05) is 36.4 Å². The molecule has 0 saturated carbocycles. The van der Waals surface area contributed by atoms with Gasteiger partial charge in [0.2, 0.25) is 0 Å². The van der Waals surface area contributed by atoms with Gasteiger partial charge in [0, 0.05) is 32.2 Å². The molecule has 0 aromatic heterocycles. The van der Waals surface area contributed by atoms with Crippen LogP contribution in [0.2, 0.25) is 0 Å². The van der Waals surface area contributed by atoms with Crippen molar-refractivity contribution in [3.8, 4) is 11.5 Å². The number of halogens is 4. The summed E-state index contributed by atoms with van der Waals surface area (Å²) in [4.78, 5) is 1.88. The lowest BCUT2D eigenvalue weighted by molar-refractivity contribution is -0.148. The molecule has 1 heterocycles. The van der Waals surface area contributed by atoms with E-state index in [1.807, 2.05) is 35.2 Å². The number of hydrogen-bond acceptors (Lipinski definition) is 4. The van der Waals surface area contributed by atoms with Gasteiger partial charge in [0.25, 0.3) is 0 Å². The van der Waals surface area contributed by atoms with E-state index in [9.17, 15) is 13.2 Å². The summed E-state index contributed by atoms with van der Waals surface area (Å²) < 4.78 is 50.9. The fourth-order valence-corrected chi connectivity index (χ4v) is 3.42. The van der Waals surface area contributed by atoms with Gasteiger partial charge in [-0.25, -0.2) is 0 Å². The minimum absolute atomic E-state index is 0. The highest BCUT2D eigenvalue weighted by molar-refractivity contribution is 5.85. The van der Waals surface area contributed by atoms with Gasteiger partial charge in [0.05, 0.1) is 13.5 Å². The first kappa shape index (κ1) is 23.3. The van der Waals surface area contributed by atoms with Gasteiger partial charge in [-0.15, -0.1) is 12.4 Å². The molecule has 8 heteroatoms. The van der Waals surface area contributed by atoms with Crippen LogP contribution in [0.5, 0.6) is 11.5 Å². The summed E-state index contributed by atoms with van der Waals surface area (Å²) in [6, 6.07) is 14.0. The summed E-state index contributed by atoms with van der Waals surface area (Å²) in [6.07, 6.45) is -5.13. The zero-order valence-corrected chi connectivity index (χ0v) is 17.1. The molecule has 29 heavy (non-hydrogen) atoms. The highest BCUT2D eigenvalue weighted by Gasteiger charge is 2.36. The molecule has 0 spiro atoms. The minimum atomic E-state index is -4.24. The number of piperazine rings is 1. The van der Waals surface area contributed by atoms with Crippen molar-refractivity contribution in [3.05, 3.63) is 59.7 Å². The van der Waals surface area contributed by atoms with Crippen LogP contribution in [0, 0.1) is 0 Å². The average Bonchev–Trinajstić information content (AvgIpc) is 2.71. The van der Waals surface area contributed by atoms with Gasteiger partial charge in [-0.3, -0.25) is 4.90 Å². The first-order chi connectivity index (χ1) is 13.5. The molecule has 0 bridgehead atoms. The van der Waals surface area contributed by atoms with Crippen LogP contribution in [-0.4, -0.2) is 44.4 Å². The summed E-state index contributed by atoms with van der Waals surface area (Å²) in [5.41, 5.74) is 1.59. The molecule has 3 rings (SSSR count). The average molecular weight is 431 g/mol. The first-order valence-corrected chi connectivity index (χ1v) is 9.32. The van der Waals surface area contributed by atoms with E-state index in [2.05, 4.69) is 5.32 Å². The van der Waals surface area contributed by atoms with Crippen LogP contribution in [0.15, 0.2) is 48.5 Å². The maximum Gasteiger partial charge on any atom is 0.390 e. The van der Waals surface area contributed by atoms with Gasteiger partial charge < -0.3 is 14.8 Å². The lowest BCUT2D eigenvalue weighted by Crippen LogP contribution is -2.46. The van der Waals surface area contributed by atoms with Crippen molar-refractivity contribution in [3.63, 3.8) is 0 Å². The van der Waals surface area contributed by atoms with E-state index < -0.39 is 18.6 Å². The molecule has 0 aliphatic carbocycles. The predicted octanol–water partition coefficient (Wildman–Crippen LogP) is 4.59. The molecule has 1 fully saturated rings. The smallest absolute Gasteiger partial charge is 0.390 e. The molecule has 0 amide bonds. The van der Waals surface area contributed by atoms with E-state index >= 15 is 0 Å². The van der Waals surface area contributed by atoms with Crippen molar-refractivity contribution in [1.29, 1.82) is 0 Å². The number of alkyl halides is 3. The van der Waals surface area contributed by atoms with Crippen LogP contribution >= 0.6 is 12.4 Å². The fourth-order valence-electron chi connectivity index (χ4n) is 3.42. The standard InChI is InChI=1S/C21H25F3N2O2.ClH/c1-27-20-13-17(7-8-19(20)28-15-16-5-3-2-4-6-16)18(14-21(22,23)24)26-11-9-25-10-12-26;/h2-8,13,18,25H,9-12,14-15H2,1H3;1H/t18-;/m1./s1. The van der Waals surface area contributed by atoms with Gasteiger partial charge in [-0.2, -0.15) is 13.2 Å². The highest BCUT2D eigenvalue weighted by Crippen LogP contribution is 2.38. The second kappa shape index (κ2) is 10.7. The maximum atomic E-state index is 13.2. The zero-order chi connectivity index (χ0) is 20.0. The van der Waals surface area contributed by atoms with Gasteiger partial charge in [0.15, 0.2) is 11.5 Å². The van der Waals surface area contributed by atoms with Crippen molar-refractivity contribution in [1.82, 2.24) is 10.2 Å². The lowest BCUT2D eigenvalue weighted by atomic mass is 10.00. The Labute approximate surface area is 175 Å². The molecule has 1 atom stereocenters. The van der Waals surface area contributed by atoms with Crippen LogP contribution in [0.25, 0.3) is 0 Å². The second-order valence-electron chi connectivity index (χ2n) is 6.81. The van der Waals surface area contributed by atoms with E-state index in [-0.39, 0.29) is 12.4 Å². The molecule has 1 aliphatic rings. The number of ether oxygens (including phenoxy) is 2. The third-order valence-corrected chi connectivity index (χ3v) is 4.83. The number of methoxy groups -OCH3 is 1. The summed E-state index contributed by atoms with van der Waals surface area (Å²) in [5, 5.41) is 3.18. The molecule has 160 valence electrons. The Morgan fingerprint density at radius 3 is 2.34 bits per heavy atom. The van der Waals surface area contributed by atoms with Crippen molar-refractivity contribution >= 4 is 12.4 Å². The van der Waals surface area contributed by atoms with Crippen molar-refractivity contribution < 1.29 is 22.6 Å². The Morgan fingerprint density at radius 2 is 1.72 bits per heavy atom. The Kier molecular flexibility index (Phi) is 8.61. The maximum absolute atomic E-state index is 13.2. The number of rotatable bonds is 7. The fraction of sp³-hybridized carbons (Fsp3) is 0.429. The molecule has 1 N–H and O–H groups in total. The molecule has 2 aromatic rings. The Hall–Kier alpha value is -1.96. The van der Waals surface area contributed by atoms with E-state index in [0.29, 0.717) is 49.8 Å². The van der Waals surface area contributed by atoms with Crippen molar-refractivity contribution in [2.45, 2.75) is 25.2 Å². The third kappa shape index (κ3) is 6.80. The van der Waals surface area contributed by atoms with Crippen molar-refractivity contribution in [2.75, 3.05) is 33.3 Å². The van der Waals surface area contributed by atoms with Crippen LogP contribution in [0.4, 0.5) is 13.2 Å². The molecule has 1 saturated heterocycles. The first-order valence-electron chi connectivity index (χ1n) is 9.32. The normalized spacial score (nSPS) is 16.0. The molecule has 0 radical (unpaired) electrons. The van der Waals surface area contributed by atoms with Crippen LogP contribution in [-0.2, 0) is 6.61 Å². The Morgan fingerprint density at radius 1 is 1.03 bits per heavy atom. The largest absolute Gasteiger partial charge is 0.493 e. The zero-order valence-electron chi connectivity index (χ0n) is 16.2. The second-order valence-corrected chi connectivity index (χ2v) is 6.81. The quantitative estimate of drug-likeness (QED) is 0.696. The molecule has 2 aromatic carbocycles. The summed E-state index contributed by atoms with van der Waals surface area (Å²) in [6.45, 7) is 2.89. The number of nitrogens with zero attached hydrogens (tertiary/aromatic N) is 1. The molecule has 4 nitrogen and oxygen atoms in total. The monoisotopic (exact) mass is 430 g/mol. The van der Waals surface area contributed by atoms with Gasteiger partial charge >= 0.3 is 6.18 Å². The number of benzene rings is 2. The Balaban J connectivity index is 0.00000300. The predicted molar refractivity (Wildman–Crippen MR) is 109 cm³/mol. The molecule has 0 unspecified atom stereocenters. The number of nitrogens with one attached hydrogen (secondary N) is 1. The molecular weight excluding hydrogens is 405 g/mol. The van der Waals surface area contributed by atoms with E-state index in [0.717, 1.165) is 5.56 Å². The third-order valence-electron chi connectivity index (χ3n) is 4.83. The molecular formula is C21H26ClF3N2O2. The summed E-state index contributed by atoms with van der Waals surface area (Å²) in [7, 11) is 1.50. The number of hydrogen-bond donors (Lipinski definition) is 1. The van der Waals surface area contributed by atoms with Crippen LogP contribution in [0.1, 0.15) is 23.6 Å². The van der Waals surface area contributed by atoms with Crippen molar-refractivity contribution in [2.24, 2.45) is 0 Å². The SMILES string of the molecule is COc1cc([C@@H](CC(F)(F)F)N2CCNCC2)ccc1OCc1ccccc1.Cl.